The number of ketones is 1. The van der Waals surface area contributed by atoms with Crippen LogP contribution in [0.5, 0.6) is 0 Å². The smallest absolute Gasteiger partial charge is 0.230 e. The topological polar surface area (TPSA) is 37.4 Å². The van der Waals surface area contributed by atoms with Gasteiger partial charge in [-0.25, -0.2) is 0 Å². The highest BCUT2D eigenvalue weighted by Gasteiger charge is 2.22. The molecule has 0 unspecified atom stereocenters. The van der Waals surface area contributed by atoms with Crippen LogP contribution in [0.25, 0.3) is 0 Å². The van der Waals surface area contributed by atoms with Crippen molar-refractivity contribution in [2.24, 2.45) is 11.8 Å². The van der Waals surface area contributed by atoms with E-state index in [-0.39, 0.29) is 18.1 Å². The number of hydrogen-bond donors (Lipinski definition) is 0. The minimum atomic E-state index is -0.0166. The standard InChI is InChI=1S/C15H23NO2/c1-4-14(17)11-15(18)16-9-7-13(8-10-16)6-5-12(2)3/h12-13H,4,7-11H2,1-3H3. The van der Waals surface area contributed by atoms with E-state index in [1.165, 1.54) is 0 Å². The fourth-order valence-electron chi connectivity index (χ4n) is 1.96. The molecule has 1 rings (SSSR count). The fourth-order valence-corrected chi connectivity index (χ4v) is 1.96. The molecule has 0 aliphatic carbocycles. The number of carbonyl (C=O) groups excluding carboxylic acids is 2. The fraction of sp³-hybridized carbons (Fsp3) is 0.733. The summed E-state index contributed by atoms with van der Waals surface area (Å²) in [5, 5.41) is 0. The lowest BCUT2D eigenvalue weighted by molar-refractivity contribution is -0.136. The molecule has 1 amide bonds. The molecule has 1 aliphatic heterocycles. The third kappa shape index (κ3) is 4.91. The molecule has 3 heteroatoms. The zero-order valence-electron chi connectivity index (χ0n) is 11.7. The Bertz CT molecular complexity index is 354. The highest BCUT2D eigenvalue weighted by molar-refractivity contribution is 5.97. The first-order valence-electron chi connectivity index (χ1n) is 6.83. The predicted molar refractivity (Wildman–Crippen MR) is 71.8 cm³/mol. The van der Waals surface area contributed by atoms with Gasteiger partial charge < -0.3 is 4.90 Å². The van der Waals surface area contributed by atoms with Crippen molar-refractivity contribution in [1.82, 2.24) is 4.90 Å². The number of carbonyl (C=O) groups is 2. The minimum Gasteiger partial charge on any atom is -0.342 e. The van der Waals surface area contributed by atoms with E-state index < -0.39 is 0 Å². The van der Waals surface area contributed by atoms with Gasteiger partial charge in [-0.2, -0.15) is 0 Å². The molecule has 18 heavy (non-hydrogen) atoms. The summed E-state index contributed by atoms with van der Waals surface area (Å²) in [6, 6.07) is 0. The van der Waals surface area contributed by atoms with E-state index in [1.54, 1.807) is 11.8 Å². The molecule has 3 nitrogen and oxygen atoms in total. The average molecular weight is 249 g/mol. The van der Waals surface area contributed by atoms with Gasteiger partial charge in [0.05, 0.1) is 6.42 Å². The van der Waals surface area contributed by atoms with Crippen molar-refractivity contribution in [2.75, 3.05) is 13.1 Å². The summed E-state index contributed by atoms with van der Waals surface area (Å²) in [6.07, 6.45) is 2.39. The zero-order valence-corrected chi connectivity index (χ0v) is 11.7. The van der Waals surface area contributed by atoms with Crippen molar-refractivity contribution in [2.45, 2.75) is 46.5 Å². The lowest BCUT2D eigenvalue weighted by Gasteiger charge is -2.29. The lowest BCUT2D eigenvalue weighted by Crippen LogP contribution is -2.39. The van der Waals surface area contributed by atoms with Crippen molar-refractivity contribution in [3.05, 3.63) is 0 Å². The summed E-state index contributed by atoms with van der Waals surface area (Å²) in [6.45, 7) is 7.45. The molecule has 0 bridgehead atoms. The molecule has 1 fully saturated rings. The molecule has 0 aromatic heterocycles. The van der Waals surface area contributed by atoms with Crippen molar-refractivity contribution < 1.29 is 9.59 Å². The number of piperidine rings is 1. The van der Waals surface area contributed by atoms with Crippen LogP contribution in [-0.4, -0.2) is 29.7 Å². The molecule has 1 aliphatic rings. The quantitative estimate of drug-likeness (QED) is 0.568. The third-order valence-corrected chi connectivity index (χ3v) is 3.17. The van der Waals surface area contributed by atoms with E-state index in [0.717, 1.165) is 25.9 Å². The largest absolute Gasteiger partial charge is 0.342 e. The molecule has 0 saturated carbocycles. The van der Waals surface area contributed by atoms with Crippen molar-refractivity contribution in [3.8, 4) is 11.8 Å². The van der Waals surface area contributed by atoms with E-state index >= 15 is 0 Å². The lowest BCUT2D eigenvalue weighted by atomic mass is 9.96. The normalized spacial score (nSPS) is 16.3. The summed E-state index contributed by atoms with van der Waals surface area (Å²) in [4.78, 5) is 24.9. The van der Waals surface area contributed by atoms with Gasteiger partial charge in [0.25, 0.3) is 0 Å². The molecule has 100 valence electrons. The second-order valence-corrected chi connectivity index (χ2v) is 5.17. The second kappa shape index (κ2) is 7.20. The van der Waals surface area contributed by atoms with Crippen molar-refractivity contribution in [3.63, 3.8) is 0 Å². The molecule has 0 aromatic rings. The minimum absolute atomic E-state index is 0.0166. The second-order valence-electron chi connectivity index (χ2n) is 5.17. The maximum absolute atomic E-state index is 11.8. The maximum Gasteiger partial charge on any atom is 0.230 e. The van der Waals surface area contributed by atoms with Crippen LogP contribution in [0.1, 0.15) is 46.5 Å². The van der Waals surface area contributed by atoms with Gasteiger partial charge in [-0.1, -0.05) is 26.7 Å². The monoisotopic (exact) mass is 249 g/mol. The van der Waals surface area contributed by atoms with Crippen molar-refractivity contribution in [1.29, 1.82) is 0 Å². The number of rotatable bonds is 3. The van der Waals surface area contributed by atoms with Crippen LogP contribution in [0.15, 0.2) is 0 Å². The van der Waals surface area contributed by atoms with Gasteiger partial charge >= 0.3 is 0 Å². The highest BCUT2D eigenvalue weighted by Crippen LogP contribution is 2.17. The van der Waals surface area contributed by atoms with Gasteiger partial charge in [0.15, 0.2) is 0 Å². The molecule has 0 spiro atoms. The third-order valence-electron chi connectivity index (χ3n) is 3.17. The molecule has 1 heterocycles. The Hall–Kier alpha value is -1.30. The molecule has 0 N–H and O–H groups in total. The van der Waals surface area contributed by atoms with Gasteiger partial charge in [-0.15, -0.1) is 5.92 Å². The molecule has 0 atom stereocenters. The van der Waals surface area contributed by atoms with Gasteiger partial charge in [0, 0.05) is 31.3 Å². The van der Waals surface area contributed by atoms with Gasteiger partial charge in [-0.3, -0.25) is 9.59 Å². The van der Waals surface area contributed by atoms with Crippen LogP contribution < -0.4 is 0 Å². The summed E-state index contributed by atoms with van der Waals surface area (Å²) in [5.41, 5.74) is 0. The molecule has 0 radical (unpaired) electrons. The SMILES string of the molecule is CCC(=O)CC(=O)N1CCC(C#CC(C)C)CC1. The molecule has 1 saturated heterocycles. The van der Waals surface area contributed by atoms with E-state index in [0.29, 0.717) is 18.3 Å². The molecular formula is C15H23NO2. The molecule has 0 aromatic carbocycles. The number of nitrogens with zero attached hydrogens (tertiary/aromatic N) is 1. The van der Waals surface area contributed by atoms with E-state index in [4.69, 9.17) is 0 Å². The number of hydrogen-bond acceptors (Lipinski definition) is 2. The first-order chi connectivity index (χ1) is 8.52. The first-order valence-corrected chi connectivity index (χ1v) is 6.83. The van der Waals surface area contributed by atoms with Gasteiger partial charge in [0.2, 0.25) is 5.91 Å². The van der Waals surface area contributed by atoms with Crippen LogP contribution in [0.4, 0.5) is 0 Å². The number of amides is 1. The van der Waals surface area contributed by atoms with E-state index in [2.05, 4.69) is 25.7 Å². The van der Waals surface area contributed by atoms with Crippen LogP contribution in [0.3, 0.4) is 0 Å². The van der Waals surface area contributed by atoms with E-state index in [1.807, 2.05) is 0 Å². The average Bonchev–Trinajstić information content (AvgIpc) is 2.36. The Balaban J connectivity index is 2.38. The van der Waals surface area contributed by atoms with Crippen molar-refractivity contribution >= 4 is 11.7 Å². The number of likely N-dealkylation sites (tertiary alicyclic amines) is 1. The maximum atomic E-state index is 11.8. The molecular weight excluding hydrogens is 226 g/mol. The van der Waals surface area contributed by atoms with Gasteiger partial charge in [0.1, 0.15) is 5.78 Å². The van der Waals surface area contributed by atoms with Crippen LogP contribution in [0, 0.1) is 23.7 Å². The Kier molecular flexibility index (Phi) is 5.91. The first kappa shape index (κ1) is 14.8. The van der Waals surface area contributed by atoms with E-state index in [9.17, 15) is 9.59 Å². The predicted octanol–water partition coefficient (Wildman–Crippen LogP) is 2.25. The Morgan fingerprint density at radius 1 is 1.28 bits per heavy atom. The van der Waals surface area contributed by atoms with Gasteiger partial charge in [-0.05, 0) is 12.8 Å². The zero-order chi connectivity index (χ0) is 13.5. The summed E-state index contributed by atoms with van der Waals surface area (Å²) < 4.78 is 0. The Morgan fingerprint density at radius 3 is 2.39 bits per heavy atom. The van der Waals surface area contributed by atoms with Crippen LogP contribution >= 0.6 is 0 Å². The summed E-state index contributed by atoms with van der Waals surface area (Å²) >= 11 is 0. The number of Topliss-reactive ketones (excluding diaryl/α,β-unsaturated/α-hetero) is 1. The Morgan fingerprint density at radius 2 is 1.89 bits per heavy atom. The summed E-state index contributed by atoms with van der Waals surface area (Å²) in [5.74, 6) is 7.31. The highest BCUT2D eigenvalue weighted by atomic mass is 16.2. The Labute approximate surface area is 110 Å². The van der Waals surface area contributed by atoms with Crippen LogP contribution in [-0.2, 0) is 9.59 Å². The summed E-state index contributed by atoms with van der Waals surface area (Å²) in [7, 11) is 0. The van der Waals surface area contributed by atoms with Crippen LogP contribution in [0.2, 0.25) is 0 Å².